The number of benzene rings is 3. The molecule has 0 bridgehead atoms. The molecular formula is C33H34N4O3S. The minimum atomic E-state index is -0.665. The Morgan fingerprint density at radius 3 is 2.41 bits per heavy atom. The summed E-state index contributed by atoms with van der Waals surface area (Å²) in [5, 5.41) is 2.91. The minimum Gasteiger partial charge on any atom is -0.449 e. The first-order valence-corrected chi connectivity index (χ1v) is 15.5. The molecule has 1 aromatic heterocycles. The molecule has 2 heterocycles. The zero-order valence-corrected chi connectivity index (χ0v) is 23.9. The number of carbonyl (C=O) groups excluding carboxylic acids is 2. The molecule has 0 saturated carbocycles. The van der Waals surface area contributed by atoms with Crippen LogP contribution in [-0.2, 0) is 9.53 Å². The number of likely N-dealkylation sites (tertiary alicyclic amines) is 1. The number of aromatic amines is 1. The van der Waals surface area contributed by atoms with E-state index in [1.807, 2.05) is 71.9 Å². The molecule has 7 nitrogen and oxygen atoms in total. The van der Waals surface area contributed by atoms with Crippen LogP contribution in [0, 0.1) is 0 Å². The fourth-order valence-corrected chi connectivity index (χ4v) is 6.53. The number of alkyl carbamates (subject to hydrolysis) is 1. The highest BCUT2D eigenvalue weighted by molar-refractivity contribution is 7.98. The van der Waals surface area contributed by atoms with E-state index in [-0.39, 0.29) is 24.5 Å². The second-order valence-electron chi connectivity index (χ2n) is 10.5. The summed E-state index contributed by atoms with van der Waals surface area (Å²) in [6.07, 6.45) is 5.51. The van der Waals surface area contributed by atoms with Crippen molar-refractivity contribution in [2.75, 3.05) is 25.2 Å². The largest absolute Gasteiger partial charge is 0.449 e. The molecule has 210 valence electrons. The summed E-state index contributed by atoms with van der Waals surface area (Å²) in [5.74, 6) is 1.40. The fourth-order valence-electron chi connectivity index (χ4n) is 6.06. The van der Waals surface area contributed by atoms with Gasteiger partial charge in [-0.05, 0) is 59.1 Å². The number of nitrogens with zero attached hydrogens (tertiary/aromatic N) is 2. The summed E-state index contributed by atoms with van der Waals surface area (Å²) in [4.78, 5) is 36.9. The van der Waals surface area contributed by atoms with Crippen molar-refractivity contribution in [1.29, 1.82) is 0 Å². The van der Waals surface area contributed by atoms with Gasteiger partial charge in [0.15, 0.2) is 0 Å². The fraction of sp³-hybridized carbons (Fsp3) is 0.303. The minimum absolute atomic E-state index is 0.0331. The number of nitrogens with one attached hydrogen (secondary N) is 2. The van der Waals surface area contributed by atoms with Gasteiger partial charge in [-0.2, -0.15) is 11.8 Å². The third-order valence-corrected chi connectivity index (χ3v) is 8.72. The summed E-state index contributed by atoms with van der Waals surface area (Å²) in [7, 11) is 0. The number of rotatable bonds is 9. The second-order valence-corrected chi connectivity index (χ2v) is 11.5. The van der Waals surface area contributed by atoms with E-state index in [4.69, 9.17) is 4.74 Å². The van der Waals surface area contributed by atoms with E-state index in [9.17, 15) is 9.59 Å². The maximum absolute atomic E-state index is 13.8. The van der Waals surface area contributed by atoms with Crippen LogP contribution in [0.5, 0.6) is 0 Å². The predicted octanol–water partition coefficient (Wildman–Crippen LogP) is 6.40. The number of imidazole rings is 1. The monoisotopic (exact) mass is 566 g/mol. The number of aromatic nitrogens is 2. The van der Waals surface area contributed by atoms with Gasteiger partial charge in [-0.15, -0.1) is 0 Å². The lowest BCUT2D eigenvalue weighted by atomic mass is 9.98. The van der Waals surface area contributed by atoms with Gasteiger partial charge in [-0.3, -0.25) is 4.79 Å². The smallest absolute Gasteiger partial charge is 0.407 e. The highest BCUT2D eigenvalue weighted by Crippen LogP contribution is 2.44. The average Bonchev–Trinajstić information content (AvgIpc) is 3.76. The van der Waals surface area contributed by atoms with Crippen LogP contribution < -0.4 is 5.32 Å². The predicted molar refractivity (Wildman–Crippen MR) is 163 cm³/mol. The van der Waals surface area contributed by atoms with E-state index in [1.165, 1.54) is 11.1 Å². The molecule has 0 spiro atoms. The number of thioether (sulfide) groups is 1. The van der Waals surface area contributed by atoms with Crippen molar-refractivity contribution in [1.82, 2.24) is 20.2 Å². The summed E-state index contributed by atoms with van der Waals surface area (Å²) in [5.41, 5.74) is 6.65. The molecule has 41 heavy (non-hydrogen) atoms. The lowest BCUT2D eigenvalue weighted by Gasteiger charge is -2.28. The normalized spacial score (nSPS) is 16.7. The molecule has 2 N–H and O–H groups in total. The van der Waals surface area contributed by atoms with Crippen LogP contribution in [0.1, 0.15) is 48.2 Å². The van der Waals surface area contributed by atoms with E-state index in [1.54, 1.807) is 11.8 Å². The number of hydrogen-bond acceptors (Lipinski definition) is 5. The first kappa shape index (κ1) is 27.1. The molecule has 1 aliphatic heterocycles. The SMILES string of the molecule is CSCC[C@H](NC(=O)OCC1c2ccccc2-c2ccccc21)C(=O)N1CCC[C@H]1c1ncc(-c2ccccc2)[nH]1. The molecule has 1 saturated heterocycles. The molecule has 0 radical (unpaired) electrons. The van der Waals surface area contributed by atoms with Crippen LogP contribution in [0.4, 0.5) is 4.79 Å². The molecular weight excluding hydrogens is 532 g/mol. The Morgan fingerprint density at radius 1 is 1.02 bits per heavy atom. The van der Waals surface area contributed by atoms with Gasteiger partial charge in [0.1, 0.15) is 18.5 Å². The van der Waals surface area contributed by atoms with E-state index >= 15 is 0 Å². The van der Waals surface area contributed by atoms with Gasteiger partial charge in [0, 0.05) is 12.5 Å². The lowest BCUT2D eigenvalue weighted by molar-refractivity contribution is -0.134. The third-order valence-electron chi connectivity index (χ3n) is 8.08. The molecule has 1 fully saturated rings. The summed E-state index contributed by atoms with van der Waals surface area (Å²) in [6, 6.07) is 25.7. The summed E-state index contributed by atoms with van der Waals surface area (Å²) >= 11 is 1.65. The number of carbonyl (C=O) groups is 2. The van der Waals surface area contributed by atoms with Crippen molar-refractivity contribution in [3.05, 3.63) is 102 Å². The van der Waals surface area contributed by atoms with Crippen LogP contribution >= 0.6 is 11.8 Å². The Balaban J connectivity index is 1.13. The molecule has 2 atom stereocenters. The topological polar surface area (TPSA) is 87.3 Å². The quantitative estimate of drug-likeness (QED) is 0.245. The molecule has 1 aliphatic carbocycles. The molecule has 6 rings (SSSR count). The summed E-state index contributed by atoms with van der Waals surface area (Å²) < 4.78 is 5.78. The average molecular weight is 567 g/mol. The van der Waals surface area contributed by atoms with Crippen LogP contribution in [0.15, 0.2) is 85.1 Å². The van der Waals surface area contributed by atoms with Crippen molar-refractivity contribution >= 4 is 23.8 Å². The number of ether oxygens (including phenoxy) is 1. The maximum atomic E-state index is 13.8. The first-order chi connectivity index (χ1) is 20.1. The van der Waals surface area contributed by atoms with E-state index in [0.717, 1.165) is 46.8 Å². The van der Waals surface area contributed by atoms with Crippen molar-refractivity contribution in [3.63, 3.8) is 0 Å². The molecule has 0 unspecified atom stereocenters. The van der Waals surface area contributed by atoms with Crippen LogP contribution in [0.25, 0.3) is 22.4 Å². The lowest BCUT2D eigenvalue weighted by Crippen LogP contribution is -2.49. The van der Waals surface area contributed by atoms with Gasteiger partial charge in [-0.25, -0.2) is 9.78 Å². The van der Waals surface area contributed by atoms with Gasteiger partial charge < -0.3 is 19.9 Å². The molecule has 4 aromatic rings. The summed E-state index contributed by atoms with van der Waals surface area (Å²) in [6.45, 7) is 0.845. The van der Waals surface area contributed by atoms with Gasteiger partial charge in [0.05, 0.1) is 17.9 Å². The Labute approximate surface area is 244 Å². The number of hydrogen-bond donors (Lipinski definition) is 2. The van der Waals surface area contributed by atoms with E-state index < -0.39 is 12.1 Å². The van der Waals surface area contributed by atoms with Crippen LogP contribution in [0.3, 0.4) is 0 Å². The van der Waals surface area contributed by atoms with Gasteiger partial charge in [-0.1, -0.05) is 78.9 Å². The van der Waals surface area contributed by atoms with E-state index in [0.29, 0.717) is 13.0 Å². The van der Waals surface area contributed by atoms with Crippen molar-refractivity contribution in [2.45, 2.75) is 37.3 Å². The third kappa shape index (κ3) is 5.61. The van der Waals surface area contributed by atoms with Crippen molar-refractivity contribution in [3.8, 4) is 22.4 Å². The van der Waals surface area contributed by atoms with Crippen molar-refractivity contribution in [2.24, 2.45) is 0 Å². The Bertz CT molecular complexity index is 1480. The molecule has 2 amide bonds. The number of H-pyrrole nitrogens is 1. The van der Waals surface area contributed by atoms with Crippen LogP contribution in [0.2, 0.25) is 0 Å². The zero-order chi connectivity index (χ0) is 28.2. The van der Waals surface area contributed by atoms with Crippen molar-refractivity contribution < 1.29 is 14.3 Å². The van der Waals surface area contributed by atoms with Gasteiger partial charge in [0.25, 0.3) is 0 Å². The van der Waals surface area contributed by atoms with Crippen LogP contribution in [-0.4, -0.2) is 58.1 Å². The van der Waals surface area contributed by atoms with E-state index in [2.05, 4.69) is 39.6 Å². The first-order valence-electron chi connectivity index (χ1n) is 14.1. The van der Waals surface area contributed by atoms with Gasteiger partial charge in [0.2, 0.25) is 5.91 Å². The maximum Gasteiger partial charge on any atom is 0.407 e. The number of fused-ring (bicyclic) bond motifs is 3. The second kappa shape index (κ2) is 12.2. The highest BCUT2D eigenvalue weighted by Gasteiger charge is 2.36. The Hall–Kier alpha value is -4.04. The Morgan fingerprint density at radius 2 is 1.71 bits per heavy atom. The number of amides is 2. The Kier molecular flexibility index (Phi) is 8.09. The molecule has 2 aliphatic rings. The van der Waals surface area contributed by atoms with Gasteiger partial charge >= 0.3 is 6.09 Å². The molecule has 8 heteroatoms. The highest BCUT2D eigenvalue weighted by atomic mass is 32.2. The zero-order valence-electron chi connectivity index (χ0n) is 23.1. The standard InChI is InChI=1S/C33H34N4O3S/c1-41-19-17-28(32(38)37-18-9-16-30(37)31-34-20-29(35-31)22-10-3-2-4-11-22)36-33(39)40-21-27-25-14-7-5-12-23(25)24-13-6-8-15-26(24)27/h2-8,10-15,20,27-28,30H,9,16-19,21H2,1H3,(H,34,35)(H,36,39)/t28-,30-/m0/s1. The molecule has 3 aromatic carbocycles.